The Balaban J connectivity index is 0.00000151. The van der Waals surface area contributed by atoms with Gasteiger partial charge in [0.25, 0.3) is 0 Å². The maximum absolute atomic E-state index is 9.78. The maximum atomic E-state index is 9.78. The molecule has 1 heterocycles. The molecule has 0 atom stereocenters. The molecular weight excluding hydrogens is 328 g/mol. The number of aliphatic hydroxyl groups is 5. The second kappa shape index (κ2) is 7.45. The molecular formula is C17H30N2O6. The van der Waals surface area contributed by atoms with Gasteiger partial charge in [-0.2, -0.15) is 0 Å². The van der Waals surface area contributed by atoms with Gasteiger partial charge >= 0.3 is 0 Å². The molecule has 0 amide bonds. The molecule has 0 saturated carbocycles. The van der Waals surface area contributed by atoms with Crippen LogP contribution in [-0.4, -0.2) is 43.1 Å². The Labute approximate surface area is 147 Å². The minimum atomic E-state index is -2.42. The van der Waals surface area contributed by atoms with Crippen molar-refractivity contribution in [3.05, 3.63) is 23.3 Å². The Bertz CT molecular complexity index is 580. The first-order valence-corrected chi connectivity index (χ1v) is 8.28. The molecule has 25 heavy (non-hydrogen) atoms. The topological polar surface area (TPSA) is 148 Å². The van der Waals surface area contributed by atoms with Crippen molar-refractivity contribution in [2.24, 2.45) is 0 Å². The van der Waals surface area contributed by atoms with Crippen LogP contribution in [0.2, 0.25) is 0 Å². The summed E-state index contributed by atoms with van der Waals surface area (Å²) in [5.41, 5.74) is 7.57. The van der Waals surface area contributed by atoms with Crippen LogP contribution < -0.4 is 15.8 Å². The molecule has 2 rings (SSSR count). The third-order valence-corrected chi connectivity index (χ3v) is 3.66. The summed E-state index contributed by atoms with van der Waals surface area (Å²) in [5.74, 6) is -6.61. The summed E-state index contributed by atoms with van der Waals surface area (Å²) < 4.78 is 5.39. The molecule has 1 aliphatic rings. The summed E-state index contributed by atoms with van der Waals surface area (Å²) in [7, 11) is 0. The zero-order valence-electron chi connectivity index (χ0n) is 15.4. The van der Waals surface area contributed by atoms with Gasteiger partial charge in [0, 0.05) is 26.7 Å². The highest BCUT2D eigenvalue weighted by Gasteiger charge is 2.45. The molecule has 0 aromatic heterocycles. The molecule has 0 aliphatic carbocycles. The molecule has 0 spiro atoms. The van der Waals surface area contributed by atoms with Gasteiger partial charge in [-0.15, -0.1) is 0 Å². The summed E-state index contributed by atoms with van der Waals surface area (Å²) in [6.07, 6.45) is -0.300. The first-order chi connectivity index (χ1) is 11.3. The smallest absolute Gasteiger partial charge is 0.227 e. The molecule has 1 saturated heterocycles. The molecule has 0 radical (unpaired) electrons. The number of nitrogens with two attached hydrogens (primary N) is 1. The Morgan fingerprint density at radius 1 is 1.12 bits per heavy atom. The van der Waals surface area contributed by atoms with E-state index in [1.165, 1.54) is 13.8 Å². The number of anilines is 1. The van der Waals surface area contributed by atoms with E-state index in [2.05, 4.69) is 0 Å². The van der Waals surface area contributed by atoms with E-state index in [-0.39, 0.29) is 18.6 Å². The van der Waals surface area contributed by atoms with Crippen molar-refractivity contribution in [3.8, 4) is 5.75 Å². The van der Waals surface area contributed by atoms with E-state index in [0.717, 1.165) is 5.56 Å². The summed E-state index contributed by atoms with van der Waals surface area (Å²) in [6, 6.07) is 3.20. The number of nitrogen functional groups attached to an aromatic ring is 1. The van der Waals surface area contributed by atoms with E-state index in [1.54, 1.807) is 19.1 Å². The highest BCUT2D eigenvalue weighted by Crippen LogP contribution is 2.40. The van der Waals surface area contributed by atoms with Crippen molar-refractivity contribution in [1.29, 1.82) is 0 Å². The number of nitrogens with one attached hydrogen (secondary N) is 1. The van der Waals surface area contributed by atoms with Crippen molar-refractivity contribution in [3.63, 3.8) is 0 Å². The standard InChI is InChI=1S/C15H24N2O6.C2H6/c1-8-4-11(16)12(23-13(2,3)18)5-10(8)9-6-14(19,20)17-15(21,22)7-9;1-2/h4-5,9,17-22H,6-7,16H2,1-3H3;1-2H3. The maximum Gasteiger partial charge on any atom is 0.227 e. The Morgan fingerprint density at radius 3 is 2.04 bits per heavy atom. The van der Waals surface area contributed by atoms with Gasteiger partial charge in [0.2, 0.25) is 17.6 Å². The molecule has 1 fully saturated rings. The zero-order chi connectivity index (χ0) is 19.6. The van der Waals surface area contributed by atoms with E-state index in [4.69, 9.17) is 10.5 Å². The lowest BCUT2D eigenvalue weighted by molar-refractivity contribution is -0.313. The number of hydrogen-bond acceptors (Lipinski definition) is 8. The minimum absolute atomic E-state index is 0.150. The van der Waals surface area contributed by atoms with E-state index in [9.17, 15) is 25.5 Å². The van der Waals surface area contributed by atoms with Crippen LogP contribution in [0.25, 0.3) is 0 Å². The van der Waals surface area contributed by atoms with Crippen LogP contribution in [0.4, 0.5) is 5.69 Å². The number of rotatable bonds is 3. The lowest BCUT2D eigenvalue weighted by atomic mass is 9.83. The quantitative estimate of drug-likeness (QED) is 0.304. The summed E-state index contributed by atoms with van der Waals surface area (Å²) in [6.45, 7) is 8.68. The fraction of sp³-hybridized carbons (Fsp3) is 0.647. The average molecular weight is 358 g/mol. The minimum Gasteiger partial charge on any atom is -0.461 e. The fourth-order valence-electron chi connectivity index (χ4n) is 2.93. The number of aryl methyl sites for hydroxylation is 1. The average Bonchev–Trinajstić information content (AvgIpc) is 2.39. The molecule has 0 unspecified atom stereocenters. The zero-order valence-corrected chi connectivity index (χ0v) is 15.4. The Hall–Kier alpha value is -1.42. The van der Waals surface area contributed by atoms with E-state index >= 15 is 0 Å². The first kappa shape index (κ1) is 21.6. The van der Waals surface area contributed by atoms with Crippen LogP contribution >= 0.6 is 0 Å². The van der Waals surface area contributed by atoms with E-state index in [1.807, 2.05) is 19.2 Å². The molecule has 144 valence electrons. The van der Waals surface area contributed by atoms with Gasteiger partial charge < -0.3 is 36.0 Å². The normalized spacial score (nSPS) is 19.8. The van der Waals surface area contributed by atoms with Gasteiger partial charge in [0.15, 0.2) is 0 Å². The van der Waals surface area contributed by atoms with Gasteiger partial charge in [-0.05, 0) is 36.1 Å². The molecule has 0 bridgehead atoms. The third-order valence-electron chi connectivity index (χ3n) is 3.66. The van der Waals surface area contributed by atoms with Gasteiger partial charge in [0.05, 0.1) is 5.69 Å². The third kappa shape index (κ3) is 6.10. The molecule has 1 aromatic carbocycles. The molecule has 8 heteroatoms. The van der Waals surface area contributed by atoms with Gasteiger partial charge in [-0.25, -0.2) is 5.32 Å². The molecule has 8 nitrogen and oxygen atoms in total. The molecule has 8 N–H and O–H groups in total. The monoisotopic (exact) mass is 358 g/mol. The van der Waals surface area contributed by atoms with Crippen molar-refractivity contribution < 1.29 is 30.3 Å². The van der Waals surface area contributed by atoms with Crippen molar-refractivity contribution in [2.75, 3.05) is 5.73 Å². The summed E-state index contributed by atoms with van der Waals surface area (Å²) in [4.78, 5) is 0. The predicted molar refractivity (Wildman–Crippen MR) is 93.3 cm³/mol. The fourth-order valence-corrected chi connectivity index (χ4v) is 2.93. The number of ether oxygens (including phenoxy) is 1. The van der Waals surface area contributed by atoms with Gasteiger partial charge in [0.1, 0.15) is 5.75 Å². The first-order valence-electron chi connectivity index (χ1n) is 8.28. The highest BCUT2D eigenvalue weighted by molar-refractivity contribution is 5.57. The number of hydrogen-bond donors (Lipinski definition) is 7. The van der Waals surface area contributed by atoms with Crippen LogP contribution in [0.15, 0.2) is 12.1 Å². The van der Waals surface area contributed by atoms with Crippen molar-refractivity contribution in [1.82, 2.24) is 5.32 Å². The van der Waals surface area contributed by atoms with Crippen molar-refractivity contribution >= 4 is 5.69 Å². The van der Waals surface area contributed by atoms with E-state index in [0.29, 0.717) is 11.3 Å². The largest absolute Gasteiger partial charge is 0.461 e. The number of piperidine rings is 1. The SMILES string of the molecule is CC.Cc1cc(N)c(OC(C)(C)O)cc1C1CC(O)(O)NC(O)(O)C1. The highest BCUT2D eigenvalue weighted by atomic mass is 16.6. The molecule has 1 aromatic rings. The van der Waals surface area contributed by atoms with Crippen LogP contribution in [0, 0.1) is 6.92 Å². The lowest BCUT2D eigenvalue weighted by Crippen LogP contribution is -2.63. The Kier molecular flexibility index (Phi) is 6.44. The van der Waals surface area contributed by atoms with Gasteiger partial charge in [-0.3, -0.25) is 0 Å². The number of benzene rings is 1. The van der Waals surface area contributed by atoms with Gasteiger partial charge in [-0.1, -0.05) is 13.8 Å². The summed E-state index contributed by atoms with van der Waals surface area (Å²) >= 11 is 0. The van der Waals surface area contributed by atoms with Crippen LogP contribution in [0.1, 0.15) is 57.6 Å². The van der Waals surface area contributed by atoms with Crippen LogP contribution in [-0.2, 0) is 0 Å². The predicted octanol–water partition coefficient (Wildman–Crippen LogP) is 0.454. The lowest BCUT2D eigenvalue weighted by Gasteiger charge is -2.41. The van der Waals surface area contributed by atoms with Crippen LogP contribution in [0.5, 0.6) is 5.75 Å². The second-order valence-electron chi connectivity index (χ2n) is 6.66. The summed E-state index contributed by atoms with van der Waals surface area (Å²) in [5, 5.41) is 50.8. The second-order valence-corrected chi connectivity index (χ2v) is 6.66. The van der Waals surface area contributed by atoms with Crippen LogP contribution in [0.3, 0.4) is 0 Å². The molecule has 1 aliphatic heterocycles. The van der Waals surface area contributed by atoms with E-state index < -0.39 is 23.5 Å². The van der Waals surface area contributed by atoms with Crippen molar-refractivity contribution in [2.45, 2.75) is 71.0 Å². The Morgan fingerprint density at radius 2 is 1.60 bits per heavy atom.